The van der Waals surface area contributed by atoms with E-state index < -0.39 is 6.72 Å². The number of fused-ring (bicyclic) bond motifs is 1. The highest BCUT2D eigenvalue weighted by Crippen LogP contribution is 2.57. The maximum absolute atomic E-state index is 5.88. The van der Waals surface area contributed by atoms with Crippen LogP contribution in [-0.4, -0.2) is 12.7 Å². The molecule has 1 heterocycles. The van der Waals surface area contributed by atoms with E-state index in [1.165, 1.54) is 12.8 Å². The molecule has 0 N–H and O–H groups in total. The van der Waals surface area contributed by atoms with Gasteiger partial charge in [-0.15, -0.1) is 0 Å². The van der Waals surface area contributed by atoms with Gasteiger partial charge in [0.25, 0.3) is 0 Å². The molecule has 3 nitrogen and oxygen atoms in total. The van der Waals surface area contributed by atoms with E-state index in [0.717, 1.165) is 12.2 Å². The number of hydrogen-bond donors (Lipinski definition) is 0. The van der Waals surface area contributed by atoms with Gasteiger partial charge in [-0.25, -0.2) is 0 Å². The van der Waals surface area contributed by atoms with Crippen LogP contribution in [0.15, 0.2) is 30.3 Å². The first-order valence-electron chi connectivity index (χ1n) is 5.93. The monoisotopic (exact) mass is 270 g/mol. The minimum absolute atomic E-state index is 0.248. The standard InChI is InChI=1S/C12H15O3PS/c17-16(14-11-6-2-1-3-7-11)13-9-10-5-4-8-12(10)15-16/h1-3,6-7,10,12H,4-5,8-9H2/t10-,12-,16-/m1/s1. The summed E-state index contributed by atoms with van der Waals surface area (Å²) < 4.78 is 17.3. The molecule has 0 spiro atoms. The van der Waals surface area contributed by atoms with Gasteiger partial charge in [-0.3, -0.25) is 9.05 Å². The first-order valence-corrected chi connectivity index (χ1v) is 8.48. The molecular formula is C12H15O3PS. The molecule has 3 rings (SSSR count). The normalized spacial score (nSPS) is 36.5. The molecule has 17 heavy (non-hydrogen) atoms. The number of rotatable bonds is 2. The third-order valence-corrected chi connectivity index (χ3v) is 5.49. The molecule has 1 saturated carbocycles. The molecular weight excluding hydrogens is 255 g/mol. The predicted molar refractivity (Wildman–Crippen MR) is 69.5 cm³/mol. The van der Waals surface area contributed by atoms with E-state index in [4.69, 9.17) is 25.4 Å². The summed E-state index contributed by atoms with van der Waals surface area (Å²) in [6.45, 7) is -1.88. The Morgan fingerprint density at radius 3 is 2.88 bits per heavy atom. The molecule has 0 amide bonds. The van der Waals surface area contributed by atoms with E-state index in [1.807, 2.05) is 30.3 Å². The topological polar surface area (TPSA) is 27.7 Å². The van der Waals surface area contributed by atoms with Gasteiger partial charge in [0.15, 0.2) is 0 Å². The Morgan fingerprint density at radius 2 is 2.06 bits per heavy atom. The van der Waals surface area contributed by atoms with Crippen LogP contribution in [0.2, 0.25) is 0 Å². The summed E-state index contributed by atoms with van der Waals surface area (Å²) in [5.74, 6) is 1.25. The van der Waals surface area contributed by atoms with Crippen LogP contribution >= 0.6 is 6.72 Å². The Kier molecular flexibility index (Phi) is 3.22. The smallest absolute Gasteiger partial charge is 0.380 e. The molecule has 1 saturated heterocycles. The molecule has 1 aliphatic heterocycles. The van der Waals surface area contributed by atoms with Crippen molar-refractivity contribution >= 4 is 18.5 Å². The molecule has 0 aromatic heterocycles. The maximum Gasteiger partial charge on any atom is 0.380 e. The summed E-state index contributed by atoms with van der Waals surface area (Å²) in [6, 6.07) is 9.53. The Bertz CT molecular complexity index is 437. The van der Waals surface area contributed by atoms with Crippen LogP contribution in [0.4, 0.5) is 0 Å². The molecule has 2 fully saturated rings. The Hall–Kier alpha value is -0.410. The molecule has 3 atom stereocenters. The van der Waals surface area contributed by atoms with Crippen LogP contribution in [0.5, 0.6) is 5.75 Å². The van der Waals surface area contributed by atoms with Crippen molar-refractivity contribution in [2.75, 3.05) is 6.61 Å². The lowest BCUT2D eigenvalue weighted by molar-refractivity contribution is 0.0442. The predicted octanol–water partition coefficient (Wildman–Crippen LogP) is 3.51. The second kappa shape index (κ2) is 4.69. The van der Waals surface area contributed by atoms with Crippen molar-refractivity contribution in [1.29, 1.82) is 0 Å². The van der Waals surface area contributed by atoms with E-state index in [0.29, 0.717) is 12.5 Å². The Balaban J connectivity index is 1.72. The zero-order chi connectivity index (χ0) is 11.7. The summed E-state index contributed by atoms with van der Waals surface area (Å²) in [5.41, 5.74) is 0. The average molecular weight is 270 g/mol. The van der Waals surface area contributed by atoms with E-state index >= 15 is 0 Å². The highest BCUT2D eigenvalue weighted by atomic mass is 32.5. The van der Waals surface area contributed by atoms with Crippen LogP contribution in [-0.2, 0) is 20.9 Å². The van der Waals surface area contributed by atoms with Crippen LogP contribution in [0.1, 0.15) is 19.3 Å². The SMILES string of the molecule is S=[P@@]1(Oc2ccccc2)OC[C@H]2CCC[C@H]2O1. The summed E-state index contributed by atoms with van der Waals surface area (Å²) >= 11 is 5.40. The molecule has 92 valence electrons. The molecule has 1 aromatic rings. The molecule has 0 unspecified atom stereocenters. The van der Waals surface area contributed by atoms with Gasteiger partial charge in [0.2, 0.25) is 0 Å². The van der Waals surface area contributed by atoms with Crippen molar-refractivity contribution in [3.05, 3.63) is 30.3 Å². The van der Waals surface area contributed by atoms with E-state index in [1.54, 1.807) is 0 Å². The van der Waals surface area contributed by atoms with E-state index in [-0.39, 0.29) is 6.10 Å². The summed E-state index contributed by atoms with van der Waals surface area (Å²) in [4.78, 5) is 0. The van der Waals surface area contributed by atoms with E-state index in [9.17, 15) is 0 Å². The lowest BCUT2D eigenvalue weighted by Gasteiger charge is -2.33. The van der Waals surface area contributed by atoms with Crippen LogP contribution in [0.3, 0.4) is 0 Å². The highest BCUT2D eigenvalue weighted by Gasteiger charge is 2.40. The first-order chi connectivity index (χ1) is 8.25. The van der Waals surface area contributed by atoms with Crippen molar-refractivity contribution in [3.8, 4) is 5.75 Å². The quantitative estimate of drug-likeness (QED) is 0.769. The second-order valence-electron chi connectivity index (χ2n) is 4.48. The van der Waals surface area contributed by atoms with Crippen molar-refractivity contribution in [2.24, 2.45) is 5.92 Å². The van der Waals surface area contributed by atoms with Crippen LogP contribution in [0, 0.1) is 5.92 Å². The third kappa shape index (κ3) is 2.55. The largest absolute Gasteiger partial charge is 0.424 e. The summed E-state index contributed by atoms with van der Waals surface area (Å²) in [5, 5.41) is 0. The second-order valence-corrected chi connectivity index (χ2v) is 7.37. The Morgan fingerprint density at radius 1 is 1.24 bits per heavy atom. The van der Waals surface area contributed by atoms with E-state index in [2.05, 4.69) is 0 Å². The van der Waals surface area contributed by atoms with Crippen molar-refractivity contribution in [2.45, 2.75) is 25.4 Å². The van der Waals surface area contributed by atoms with Gasteiger partial charge in [0.1, 0.15) is 5.75 Å². The lowest BCUT2D eigenvalue weighted by Crippen LogP contribution is -2.28. The first kappa shape index (κ1) is 11.7. The fraction of sp³-hybridized carbons (Fsp3) is 0.500. The zero-order valence-corrected chi connectivity index (χ0v) is 11.2. The van der Waals surface area contributed by atoms with Crippen molar-refractivity contribution in [3.63, 3.8) is 0 Å². The van der Waals surface area contributed by atoms with Crippen LogP contribution in [0.25, 0.3) is 0 Å². The van der Waals surface area contributed by atoms with Crippen molar-refractivity contribution in [1.82, 2.24) is 0 Å². The molecule has 0 bridgehead atoms. The van der Waals surface area contributed by atoms with Crippen LogP contribution < -0.4 is 4.52 Å². The zero-order valence-electron chi connectivity index (χ0n) is 9.45. The van der Waals surface area contributed by atoms with Gasteiger partial charge < -0.3 is 4.52 Å². The van der Waals surface area contributed by atoms with Gasteiger partial charge in [-0.1, -0.05) is 24.6 Å². The van der Waals surface area contributed by atoms with Gasteiger partial charge in [0.05, 0.1) is 12.7 Å². The summed E-state index contributed by atoms with van der Waals surface area (Å²) in [7, 11) is 0. The molecule has 0 radical (unpaired) electrons. The maximum atomic E-state index is 5.88. The van der Waals surface area contributed by atoms with Crippen molar-refractivity contribution < 1.29 is 13.6 Å². The van der Waals surface area contributed by atoms with Gasteiger partial charge >= 0.3 is 6.72 Å². The average Bonchev–Trinajstić information content (AvgIpc) is 2.76. The highest BCUT2D eigenvalue weighted by molar-refractivity contribution is 8.07. The summed E-state index contributed by atoms with van der Waals surface area (Å²) in [6.07, 6.45) is 3.73. The lowest BCUT2D eigenvalue weighted by atomic mass is 10.1. The molecule has 1 aromatic carbocycles. The minimum atomic E-state index is -2.57. The molecule has 1 aliphatic carbocycles. The van der Waals surface area contributed by atoms with Gasteiger partial charge in [-0.2, -0.15) is 0 Å². The Labute approximate surface area is 106 Å². The third-order valence-electron chi connectivity index (χ3n) is 3.26. The fourth-order valence-corrected chi connectivity index (χ4v) is 4.67. The van der Waals surface area contributed by atoms with Gasteiger partial charge in [-0.05, 0) is 25.0 Å². The number of para-hydroxylation sites is 1. The fourth-order valence-electron chi connectivity index (χ4n) is 2.37. The molecule has 2 aliphatic rings. The minimum Gasteiger partial charge on any atom is -0.424 e. The number of benzene rings is 1. The number of hydrogen-bond acceptors (Lipinski definition) is 4. The molecule has 5 heteroatoms. The van der Waals surface area contributed by atoms with Gasteiger partial charge in [0, 0.05) is 17.7 Å².